The van der Waals surface area contributed by atoms with E-state index in [0.29, 0.717) is 17.9 Å². The number of esters is 1. The summed E-state index contributed by atoms with van der Waals surface area (Å²) < 4.78 is 11.1. The first kappa shape index (κ1) is 21.6. The van der Waals surface area contributed by atoms with E-state index < -0.39 is 0 Å². The summed E-state index contributed by atoms with van der Waals surface area (Å²) in [5.41, 5.74) is 3.58. The molecule has 0 bridgehead atoms. The minimum atomic E-state index is -0.373. The molecule has 0 spiro atoms. The van der Waals surface area contributed by atoms with E-state index in [1.54, 1.807) is 12.3 Å². The van der Waals surface area contributed by atoms with Gasteiger partial charge in [-0.1, -0.05) is 38.8 Å². The molecule has 3 rings (SSSR count). The second-order valence-electron chi connectivity index (χ2n) is 7.30. The normalized spacial score (nSPS) is 10.6. The van der Waals surface area contributed by atoms with Crippen molar-refractivity contribution in [1.82, 2.24) is 4.98 Å². The Morgan fingerprint density at radius 1 is 0.833 bits per heavy atom. The number of unbranched alkanes of at least 4 members (excludes halogenated alkanes) is 2. The molecule has 30 heavy (non-hydrogen) atoms. The Balaban J connectivity index is 1.57. The molecule has 2 aromatic carbocycles. The lowest BCUT2D eigenvalue weighted by atomic mass is 10.1. The molecule has 4 heteroatoms. The number of carbonyl (C=O) groups excluding carboxylic acids is 1. The summed E-state index contributed by atoms with van der Waals surface area (Å²) in [4.78, 5) is 16.8. The third-order valence-corrected chi connectivity index (χ3v) is 4.83. The van der Waals surface area contributed by atoms with Crippen LogP contribution in [0.3, 0.4) is 0 Å². The third-order valence-electron chi connectivity index (χ3n) is 4.83. The molecule has 0 N–H and O–H groups in total. The van der Waals surface area contributed by atoms with Gasteiger partial charge >= 0.3 is 5.97 Å². The highest BCUT2D eigenvalue weighted by atomic mass is 16.5. The molecule has 4 nitrogen and oxygen atoms in total. The Hall–Kier alpha value is -3.14. The van der Waals surface area contributed by atoms with Crippen LogP contribution in [-0.2, 0) is 6.42 Å². The van der Waals surface area contributed by atoms with Gasteiger partial charge in [0.25, 0.3) is 0 Å². The van der Waals surface area contributed by atoms with Gasteiger partial charge in [-0.05, 0) is 73.4 Å². The number of rotatable bonds is 10. The van der Waals surface area contributed by atoms with E-state index in [1.165, 1.54) is 24.8 Å². The summed E-state index contributed by atoms with van der Waals surface area (Å²) in [7, 11) is 0. The van der Waals surface area contributed by atoms with Crippen molar-refractivity contribution < 1.29 is 14.3 Å². The number of aryl methyl sites for hydroxylation is 1. The Morgan fingerprint density at radius 3 is 2.20 bits per heavy atom. The maximum atomic E-state index is 12.4. The van der Waals surface area contributed by atoms with E-state index >= 15 is 0 Å². The highest BCUT2D eigenvalue weighted by Crippen LogP contribution is 2.23. The predicted molar refractivity (Wildman–Crippen MR) is 120 cm³/mol. The van der Waals surface area contributed by atoms with Crippen LogP contribution in [-0.4, -0.2) is 17.6 Å². The van der Waals surface area contributed by atoms with E-state index in [0.717, 1.165) is 29.8 Å². The molecule has 0 fully saturated rings. The second-order valence-corrected chi connectivity index (χ2v) is 7.30. The van der Waals surface area contributed by atoms with Crippen LogP contribution in [0, 0.1) is 0 Å². The number of pyridine rings is 1. The number of hydrogen-bond acceptors (Lipinski definition) is 4. The highest BCUT2D eigenvalue weighted by molar-refractivity contribution is 5.91. The zero-order chi connectivity index (χ0) is 21.2. The van der Waals surface area contributed by atoms with Crippen molar-refractivity contribution in [2.45, 2.75) is 46.0 Å². The molecule has 0 amide bonds. The fraction of sp³-hybridized carbons (Fsp3) is 0.308. The minimum absolute atomic E-state index is 0.373. The van der Waals surface area contributed by atoms with Gasteiger partial charge in [0.2, 0.25) is 0 Å². The van der Waals surface area contributed by atoms with Crippen LogP contribution < -0.4 is 9.47 Å². The molecule has 0 aliphatic rings. The van der Waals surface area contributed by atoms with E-state index in [9.17, 15) is 4.79 Å². The average Bonchev–Trinajstić information content (AvgIpc) is 2.79. The van der Waals surface area contributed by atoms with Crippen LogP contribution in [0.1, 0.15) is 55.5 Å². The summed E-state index contributed by atoms with van der Waals surface area (Å²) in [6.07, 6.45) is 7.20. The van der Waals surface area contributed by atoms with E-state index in [-0.39, 0.29) is 5.97 Å². The van der Waals surface area contributed by atoms with Gasteiger partial charge in [0.1, 0.15) is 11.5 Å². The van der Waals surface area contributed by atoms with Crippen molar-refractivity contribution in [3.05, 3.63) is 78.0 Å². The quantitative estimate of drug-likeness (QED) is 0.287. The molecule has 1 aromatic heterocycles. The van der Waals surface area contributed by atoms with Crippen molar-refractivity contribution in [1.29, 1.82) is 0 Å². The van der Waals surface area contributed by atoms with Gasteiger partial charge in [0.15, 0.2) is 0 Å². The molecular weight excluding hydrogens is 374 g/mol. The molecule has 3 aromatic rings. The minimum Gasteiger partial charge on any atom is -0.494 e. The summed E-state index contributed by atoms with van der Waals surface area (Å²) in [5.74, 6) is 0.906. The van der Waals surface area contributed by atoms with Gasteiger partial charge in [0.05, 0.1) is 24.1 Å². The highest BCUT2D eigenvalue weighted by Gasteiger charge is 2.09. The Morgan fingerprint density at radius 2 is 1.57 bits per heavy atom. The van der Waals surface area contributed by atoms with Crippen molar-refractivity contribution in [2.24, 2.45) is 0 Å². The summed E-state index contributed by atoms with van der Waals surface area (Å²) in [6.45, 7) is 4.98. The van der Waals surface area contributed by atoms with Gasteiger partial charge in [0, 0.05) is 5.56 Å². The van der Waals surface area contributed by atoms with Crippen LogP contribution in [0.4, 0.5) is 0 Å². The zero-order valence-electron chi connectivity index (χ0n) is 17.8. The van der Waals surface area contributed by atoms with Gasteiger partial charge in [-0.15, -0.1) is 0 Å². The number of carbonyl (C=O) groups is 1. The molecular formula is C26H29NO3. The summed E-state index contributed by atoms with van der Waals surface area (Å²) in [6, 6.07) is 19.1. The molecule has 0 unspecified atom stereocenters. The first-order chi connectivity index (χ1) is 14.7. The lowest BCUT2D eigenvalue weighted by molar-refractivity contribution is 0.0734. The largest absolute Gasteiger partial charge is 0.494 e. The number of ether oxygens (including phenoxy) is 2. The SMILES string of the molecule is CCCCCc1ccc(C(=O)Oc2ccc(-c3ccc(OCCC)cc3)nc2)cc1. The lowest BCUT2D eigenvalue weighted by Crippen LogP contribution is -2.08. The fourth-order valence-corrected chi connectivity index (χ4v) is 3.11. The molecule has 1 heterocycles. The molecule has 0 aliphatic heterocycles. The monoisotopic (exact) mass is 403 g/mol. The van der Waals surface area contributed by atoms with Gasteiger partial charge in [-0.2, -0.15) is 0 Å². The van der Waals surface area contributed by atoms with Crippen molar-refractivity contribution >= 4 is 5.97 Å². The van der Waals surface area contributed by atoms with Crippen molar-refractivity contribution in [2.75, 3.05) is 6.61 Å². The molecule has 0 saturated carbocycles. The molecule has 0 aliphatic carbocycles. The van der Waals surface area contributed by atoms with Crippen LogP contribution in [0.2, 0.25) is 0 Å². The van der Waals surface area contributed by atoms with Crippen LogP contribution in [0.15, 0.2) is 66.9 Å². The Kier molecular flexibility index (Phi) is 8.02. The van der Waals surface area contributed by atoms with Gasteiger partial charge in [-0.3, -0.25) is 4.98 Å². The molecule has 0 saturated heterocycles. The van der Waals surface area contributed by atoms with E-state index in [4.69, 9.17) is 9.47 Å². The van der Waals surface area contributed by atoms with Crippen LogP contribution in [0.25, 0.3) is 11.3 Å². The average molecular weight is 404 g/mol. The maximum absolute atomic E-state index is 12.4. The van der Waals surface area contributed by atoms with Crippen LogP contribution >= 0.6 is 0 Å². The smallest absolute Gasteiger partial charge is 0.343 e. The Bertz CT molecular complexity index is 916. The first-order valence-electron chi connectivity index (χ1n) is 10.7. The topological polar surface area (TPSA) is 48.4 Å². The number of benzene rings is 2. The number of aromatic nitrogens is 1. The molecule has 0 radical (unpaired) electrons. The fourth-order valence-electron chi connectivity index (χ4n) is 3.11. The van der Waals surface area contributed by atoms with Gasteiger partial charge in [-0.25, -0.2) is 4.79 Å². The Labute approximate surface area is 178 Å². The van der Waals surface area contributed by atoms with Crippen molar-refractivity contribution in [3.63, 3.8) is 0 Å². The first-order valence-corrected chi connectivity index (χ1v) is 10.7. The summed E-state index contributed by atoms with van der Waals surface area (Å²) in [5, 5.41) is 0. The van der Waals surface area contributed by atoms with Crippen LogP contribution in [0.5, 0.6) is 11.5 Å². The number of nitrogens with zero attached hydrogens (tertiary/aromatic N) is 1. The lowest BCUT2D eigenvalue weighted by Gasteiger charge is -2.08. The van der Waals surface area contributed by atoms with Gasteiger partial charge < -0.3 is 9.47 Å². The standard InChI is InChI=1S/C26H29NO3/c1-3-5-6-7-20-8-10-22(11-9-20)26(28)30-24-16-17-25(27-19-24)21-12-14-23(15-13-21)29-18-4-2/h8-17,19H,3-7,18H2,1-2H3. The van der Waals surface area contributed by atoms with E-state index in [1.807, 2.05) is 54.6 Å². The molecule has 0 atom stereocenters. The predicted octanol–water partition coefficient (Wildman–Crippen LogP) is 6.49. The molecule has 156 valence electrons. The van der Waals surface area contributed by atoms with Crippen molar-refractivity contribution in [3.8, 4) is 22.8 Å². The zero-order valence-corrected chi connectivity index (χ0v) is 17.8. The maximum Gasteiger partial charge on any atom is 0.343 e. The third kappa shape index (κ3) is 6.18. The summed E-state index contributed by atoms with van der Waals surface area (Å²) >= 11 is 0. The second kappa shape index (κ2) is 11.1. The van der Waals surface area contributed by atoms with E-state index in [2.05, 4.69) is 18.8 Å². The number of hydrogen-bond donors (Lipinski definition) is 0.